The van der Waals surface area contributed by atoms with E-state index >= 15 is 0 Å². The van der Waals surface area contributed by atoms with Gasteiger partial charge in [-0.25, -0.2) is 4.98 Å². The van der Waals surface area contributed by atoms with Crippen LogP contribution in [0.25, 0.3) is 11.4 Å². The Kier molecular flexibility index (Phi) is 4.02. The van der Waals surface area contributed by atoms with Gasteiger partial charge in [0.25, 0.3) is 0 Å². The second kappa shape index (κ2) is 6.47. The third-order valence-electron chi connectivity index (χ3n) is 4.52. The zero-order valence-corrected chi connectivity index (χ0v) is 13.9. The van der Waals surface area contributed by atoms with E-state index in [0.29, 0.717) is 6.61 Å². The monoisotopic (exact) mass is 323 g/mol. The molecule has 1 aliphatic carbocycles. The van der Waals surface area contributed by atoms with Crippen LogP contribution in [0.3, 0.4) is 0 Å². The molecule has 0 amide bonds. The summed E-state index contributed by atoms with van der Waals surface area (Å²) >= 11 is 0. The normalized spacial score (nSPS) is 13.2. The molecular formula is C18H21N5O. The van der Waals surface area contributed by atoms with E-state index in [1.165, 1.54) is 17.5 Å². The molecule has 124 valence electrons. The Labute approximate surface area is 141 Å². The molecular weight excluding hydrogens is 302 g/mol. The van der Waals surface area contributed by atoms with E-state index in [-0.39, 0.29) is 0 Å². The summed E-state index contributed by atoms with van der Waals surface area (Å²) in [6.07, 6.45) is 10.9. The molecule has 2 aromatic heterocycles. The second-order valence-electron chi connectivity index (χ2n) is 6.05. The van der Waals surface area contributed by atoms with Gasteiger partial charge in [-0.15, -0.1) is 10.2 Å². The van der Waals surface area contributed by atoms with E-state index in [0.717, 1.165) is 43.1 Å². The molecule has 24 heavy (non-hydrogen) atoms. The Balaban J connectivity index is 1.67. The Bertz CT molecular complexity index is 822. The van der Waals surface area contributed by atoms with Crippen molar-refractivity contribution in [1.29, 1.82) is 0 Å². The molecule has 3 aromatic rings. The van der Waals surface area contributed by atoms with Crippen molar-refractivity contribution in [3.8, 4) is 17.1 Å². The van der Waals surface area contributed by atoms with Gasteiger partial charge >= 0.3 is 0 Å². The molecule has 0 N–H and O–H groups in total. The van der Waals surface area contributed by atoms with Crippen molar-refractivity contribution in [2.45, 2.75) is 39.3 Å². The molecule has 0 unspecified atom stereocenters. The average molecular weight is 323 g/mol. The highest BCUT2D eigenvalue weighted by molar-refractivity contribution is 5.67. The van der Waals surface area contributed by atoms with Crippen LogP contribution < -0.4 is 4.74 Å². The number of aryl methyl sites for hydroxylation is 4. The maximum Gasteiger partial charge on any atom is 0.143 e. The van der Waals surface area contributed by atoms with Crippen molar-refractivity contribution in [2.75, 3.05) is 6.61 Å². The van der Waals surface area contributed by atoms with E-state index in [4.69, 9.17) is 4.74 Å². The highest BCUT2D eigenvalue weighted by Gasteiger charge is 2.19. The summed E-state index contributed by atoms with van der Waals surface area (Å²) in [4.78, 5) is 4.60. The largest absolute Gasteiger partial charge is 0.493 e. The van der Waals surface area contributed by atoms with Gasteiger partial charge in [0.15, 0.2) is 0 Å². The molecule has 0 saturated carbocycles. The Morgan fingerprint density at radius 2 is 1.88 bits per heavy atom. The van der Waals surface area contributed by atoms with Gasteiger partial charge < -0.3 is 13.9 Å². The lowest BCUT2D eigenvalue weighted by Crippen LogP contribution is -2.07. The zero-order chi connectivity index (χ0) is 16.4. The van der Waals surface area contributed by atoms with Gasteiger partial charge in [0.2, 0.25) is 0 Å². The van der Waals surface area contributed by atoms with Crippen molar-refractivity contribution in [1.82, 2.24) is 24.3 Å². The number of ether oxygens (including phenoxy) is 1. The lowest BCUT2D eigenvalue weighted by atomic mass is 10.0. The van der Waals surface area contributed by atoms with Crippen molar-refractivity contribution in [3.05, 3.63) is 48.3 Å². The quantitative estimate of drug-likeness (QED) is 0.700. The van der Waals surface area contributed by atoms with Gasteiger partial charge in [-0.1, -0.05) is 0 Å². The summed E-state index contributed by atoms with van der Waals surface area (Å²) in [6.45, 7) is 4.31. The maximum atomic E-state index is 5.91. The predicted octanol–water partition coefficient (Wildman–Crippen LogP) is 2.73. The number of benzene rings is 1. The molecule has 0 spiro atoms. The molecule has 0 saturated heterocycles. The summed E-state index contributed by atoms with van der Waals surface area (Å²) in [5.74, 6) is 1.90. The summed E-state index contributed by atoms with van der Waals surface area (Å²) in [5, 5.41) is 7.70. The average Bonchev–Trinajstić information content (AvgIpc) is 3.33. The first kappa shape index (κ1) is 14.9. The van der Waals surface area contributed by atoms with Crippen LogP contribution in [0.15, 0.2) is 37.2 Å². The van der Waals surface area contributed by atoms with E-state index in [9.17, 15) is 0 Å². The molecule has 0 aliphatic heterocycles. The van der Waals surface area contributed by atoms with Crippen molar-refractivity contribution >= 4 is 0 Å². The summed E-state index contributed by atoms with van der Waals surface area (Å²) in [5.41, 5.74) is 3.94. The number of imidazole rings is 1. The third kappa shape index (κ3) is 2.79. The van der Waals surface area contributed by atoms with E-state index < -0.39 is 0 Å². The first-order chi connectivity index (χ1) is 11.8. The Morgan fingerprint density at radius 1 is 1.08 bits per heavy atom. The number of aromatic nitrogens is 5. The van der Waals surface area contributed by atoms with Gasteiger partial charge in [0.1, 0.15) is 24.2 Å². The van der Waals surface area contributed by atoms with Gasteiger partial charge in [0.05, 0.1) is 12.2 Å². The third-order valence-corrected chi connectivity index (χ3v) is 4.52. The number of rotatable bonds is 6. The highest BCUT2D eigenvalue weighted by Crippen LogP contribution is 2.35. The number of fused-ring (bicyclic) bond motifs is 1. The SMILES string of the molecule is CCOc1cc2c(cc1-c1nccn1CCn1cnnc1)CCC2. The van der Waals surface area contributed by atoms with Crippen LogP contribution in [-0.2, 0) is 25.9 Å². The van der Waals surface area contributed by atoms with Gasteiger partial charge in [0, 0.05) is 25.5 Å². The molecule has 0 bridgehead atoms. The molecule has 1 aliphatic rings. The fraction of sp³-hybridized carbons (Fsp3) is 0.389. The fourth-order valence-corrected chi connectivity index (χ4v) is 3.35. The second-order valence-corrected chi connectivity index (χ2v) is 6.05. The number of hydrogen-bond donors (Lipinski definition) is 0. The number of nitrogens with zero attached hydrogens (tertiary/aromatic N) is 5. The molecule has 1 aromatic carbocycles. The van der Waals surface area contributed by atoms with Crippen LogP contribution in [0.2, 0.25) is 0 Å². The summed E-state index contributed by atoms with van der Waals surface area (Å²) in [7, 11) is 0. The molecule has 2 heterocycles. The van der Waals surface area contributed by atoms with Crippen LogP contribution in [-0.4, -0.2) is 30.9 Å². The van der Waals surface area contributed by atoms with Crippen molar-refractivity contribution in [2.24, 2.45) is 0 Å². The van der Waals surface area contributed by atoms with Crippen molar-refractivity contribution in [3.63, 3.8) is 0 Å². The molecule has 0 atom stereocenters. The lowest BCUT2D eigenvalue weighted by molar-refractivity contribution is 0.341. The maximum absolute atomic E-state index is 5.91. The summed E-state index contributed by atoms with van der Waals surface area (Å²) in [6, 6.07) is 4.48. The standard InChI is InChI=1S/C18H21N5O/c1-2-24-17-11-15-5-3-4-14(15)10-16(17)18-19-6-7-23(18)9-8-22-12-20-21-13-22/h6-7,10-13H,2-5,8-9H2,1H3. The highest BCUT2D eigenvalue weighted by atomic mass is 16.5. The van der Waals surface area contributed by atoms with Crippen LogP contribution in [0.1, 0.15) is 24.5 Å². The topological polar surface area (TPSA) is 57.8 Å². The first-order valence-corrected chi connectivity index (χ1v) is 8.47. The fourth-order valence-electron chi connectivity index (χ4n) is 3.35. The molecule has 0 fully saturated rings. The van der Waals surface area contributed by atoms with E-state index in [1.54, 1.807) is 12.7 Å². The van der Waals surface area contributed by atoms with Gasteiger partial charge in [-0.3, -0.25) is 0 Å². The Morgan fingerprint density at radius 3 is 2.67 bits per heavy atom. The number of hydrogen-bond acceptors (Lipinski definition) is 4. The van der Waals surface area contributed by atoms with Crippen molar-refractivity contribution < 1.29 is 4.74 Å². The minimum absolute atomic E-state index is 0.660. The van der Waals surface area contributed by atoms with E-state index in [2.05, 4.69) is 31.9 Å². The van der Waals surface area contributed by atoms with Crippen LogP contribution >= 0.6 is 0 Å². The molecule has 6 nitrogen and oxygen atoms in total. The Hall–Kier alpha value is -2.63. The molecule has 0 radical (unpaired) electrons. The van der Waals surface area contributed by atoms with Gasteiger partial charge in [-0.05, 0) is 49.4 Å². The smallest absolute Gasteiger partial charge is 0.143 e. The molecule has 4 rings (SSSR count). The lowest BCUT2D eigenvalue weighted by Gasteiger charge is -2.14. The minimum Gasteiger partial charge on any atom is -0.493 e. The minimum atomic E-state index is 0.660. The van der Waals surface area contributed by atoms with Crippen LogP contribution in [0.4, 0.5) is 0 Å². The zero-order valence-electron chi connectivity index (χ0n) is 13.9. The molecule has 6 heteroatoms. The van der Waals surface area contributed by atoms with Crippen LogP contribution in [0.5, 0.6) is 5.75 Å². The summed E-state index contributed by atoms with van der Waals surface area (Å²) < 4.78 is 10.0. The van der Waals surface area contributed by atoms with Crippen LogP contribution in [0, 0.1) is 0 Å². The van der Waals surface area contributed by atoms with E-state index in [1.807, 2.05) is 23.9 Å². The predicted molar refractivity (Wildman–Crippen MR) is 90.9 cm³/mol. The van der Waals surface area contributed by atoms with Gasteiger partial charge in [-0.2, -0.15) is 0 Å². The first-order valence-electron chi connectivity index (χ1n) is 8.47.